The quantitative estimate of drug-likeness (QED) is 0.547. The zero-order valence-corrected chi connectivity index (χ0v) is 9.19. The first kappa shape index (κ1) is 10.9. The smallest absolute Gasteiger partial charge is 0.275 e. The predicted molar refractivity (Wildman–Crippen MR) is 64.8 cm³/mol. The minimum Gasteiger partial charge on any atom is -0.383 e. The fraction of sp³-hybridized carbons (Fsp3) is 0.0833. The van der Waals surface area contributed by atoms with Gasteiger partial charge in [-0.1, -0.05) is 24.3 Å². The molecule has 1 aromatic rings. The van der Waals surface area contributed by atoms with Crippen molar-refractivity contribution in [2.45, 2.75) is 0 Å². The fourth-order valence-electron chi connectivity index (χ4n) is 1.66. The second kappa shape index (κ2) is 4.10. The molecule has 0 aromatic heterocycles. The third-order valence-electron chi connectivity index (χ3n) is 2.47. The third kappa shape index (κ3) is 1.66. The summed E-state index contributed by atoms with van der Waals surface area (Å²) in [6.07, 6.45) is 0. The van der Waals surface area contributed by atoms with Gasteiger partial charge < -0.3 is 11.1 Å². The van der Waals surface area contributed by atoms with E-state index in [0.717, 1.165) is 11.1 Å². The average Bonchev–Trinajstić information content (AvgIpc) is 2.68. The zero-order valence-electron chi connectivity index (χ0n) is 9.19. The largest absolute Gasteiger partial charge is 0.383 e. The maximum absolute atomic E-state index is 11.6. The number of hydrogen-bond acceptors (Lipinski definition) is 3. The Morgan fingerprint density at radius 3 is 2.65 bits per heavy atom. The highest BCUT2D eigenvalue weighted by molar-refractivity contribution is 6.14. The lowest BCUT2D eigenvalue weighted by Gasteiger charge is -2.02. The molecule has 0 spiro atoms. The van der Waals surface area contributed by atoms with E-state index in [0.29, 0.717) is 11.5 Å². The molecule has 84 valence electrons. The first-order valence-corrected chi connectivity index (χ1v) is 4.96. The molecule has 0 aliphatic carbocycles. The van der Waals surface area contributed by atoms with Crippen LogP contribution in [0.15, 0.2) is 35.0 Å². The predicted octanol–water partition coefficient (Wildman–Crippen LogP) is 0.739. The van der Waals surface area contributed by atoms with Gasteiger partial charge in [-0.15, -0.1) is 0 Å². The molecule has 5 heteroatoms. The lowest BCUT2D eigenvalue weighted by atomic mass is 10.1. The number of nitrogens with zero attached hydrogens (tertiary/aromatic N) is 2. The van der Waals surface area contributed by atoms with Crippen molar-refractivity contribution in [3.63, 3.8) is 0 Å². The molecule has 1 heterocycles. The van der Waals surface area contributed by atoms with E-state index in [4.69, 9.17) is 12.3 Å². The van der Waals surface area contributed by atoms with E-state index >= 15 is 0 Å². The SMILES string of the molecule is [C-]#[N+]/C(C(=O)NC)=C1/N=C(N)c2ccccc21. The van der Waals surface area contributed by atoms with E-state index in [-0.39, 0.29) is 5.70 Å². The van der Waals surface area contributed by atoms with Gasteiger partial charge in [0.25, 0.3) is 11.6 Å². The Kier molecular flexibility index (Phi) is 2.63. The molecule has 0 saturated carbocycles. The second-order valence-corrected chi connectivity index (χ2v) is 3.43. The average molecular weight is 226 g/mol. The molecule has 1 aliphatic heterocycles. The summed E-state index contributed by atoms with van der Waals surface area (Å²) in [7, 11) is 1.47. The molecule has 0 unspecified atom stereocenters. The number of rotatable bonds is 1. The molecule has 0 saturated heterocycles. The van der Waals surface area contributed by atoms with Crippen LogP contribution in [-0.2, 0) is 4.79 Å². The number of aliphatic imine (C=N–C) groups is 1. The summed E-state index contributed by atoms with van der Waals surface area (Å²) in [4.78, 5) is 18.9. The van der Waals surface area contributed by atoms with Gasteiger partial charge in [0.05, 0.1) is 12.3 Å². The van der Waals surface area contributed by atoms with Crippen LogP contribution in [0.1, 0.15) is 11.1 Å². The van der Waals surface area contributed by atoms with Gasteiger partial charge in [-0.3, -0.25) is 4.79 Å². The van der Waals surface area contributed by atoms with Crippen LogP contribution >= 0.6 is 0 Å². The summed E-state index contributed by atoms with van der Waals surface area (Å²) >= 11 is 0. The van der Waals surface area contributed by atoms with Gasteiger partial charge in [0.15, 0.2) is 0 Å². The van der Waals surface area contributed by atoms with Crippen molar-refractivity contribution >= 4 is 17.4 Å². The molecule has 1 aromatic carbocycles. The Balaban J connectivity index is 2.68. The van der Waals surface area contributed by atoms with Gasteiger partial charge in [0.2, 0.25) is 0 Å². The van der Waals surface area contributed by atoms with E-state index < -0.39 is 5.91 Å². The Labute approximate surface area is 98.5 Å². The van der Waals surface area contributed by atoms with Crippen molar-refractivity contribution in [2.24, 2.45) is 10.7 Å². The normalized spacial score (nSPS) is 15.6. The number of amides is 1. The van der Waals surface area contributed by atoms with Crippen molar-refractivity contribution in [1.82, 2.24) is 5.32 Å². The molecule has 0 atom stereocenters. The molecule has 1 amide bonds. The van der Waals surface area contributed by atoms with Gasteiger partial charge in [-0.05, 0) is 0 Å². The fourth-order valence-corrected chi connectivity index (χ4v) is 1.66. The highest BCUT2D eigenvalue weighted by atomic mass is 16.1. The summed E-state index contributed by atoms with van der Waals surface area (Å²) in [5.41, 5.74) is 7.53. The van der Waals surface area contributed by atoms with Crippen molar-refractivity contribution in [2.75, 3.05) is 7.05 Å². The number of carbonyl (C=O) groups excluding carboxylic acids is 1. The third-order valence-corrected chi connectivity index (χ3v) is 2.47. The molecule has 2 rings (SSSR count). The summed E-state index contributed by atoms with van der Waals surface area (Å²) < 4.78 is 0. The van der Waals surface area contributed by atoms with E-state index in [1.165, 1.54) is 7.05 Å². The number of likely N-dealkylation sites (N-methyl/N-ethyl adjacent to an activating group) is 1. The van der Waals surface area contributed by atoms with Crippen molar-refractivity contribution in [3.8, 4) is 0 Å². The minimum absolute atomic E-state index is 0.0413. The highest BCUT2D eigenvalue weighted by Gasteiger charge is 2.24. The minimum atomic E-state index is -0.455. The van der Waals surface area contributed by atoms with Crippen LogP contribution in [0.5, 0.6) is 0 Å². The standard InChI is InChI=1S/C12H10N4O/c1-14-10(12(17)15-2)9-7-5-3-4-6-8(7)11(13)16-9/h3-6H,2H3,(H2,13,16)(H,15,17)/b10-9+. The molecule has 3 N–H and O–H groups in total. The summed E-state index contributed by atoms with van der Waals surface area (Å²) in [6.45, 7) is 7.06. The van der Waals surface area contributed by atoms with Crippen LogP contribution in [-0.4, -0.2) is 18.8 Å². The van der Waals surface area contributed by atoms with Gasteiger partial charge in [0.1, 0.15) is 5.84 Å². The second-order valence-electron chi connectivity index (χ2n) is 3.43. The Bertz CT molecular complexity index is 593. The number of benzene rings is 1. The molecule has 0 radical (unpaired) electrons. The summed E-state index contributed by atoms with van der Waals surface area (Å²) in [6, 6.07) is 7.26. The van der Waals surface area contributed by atoms with Gasteiger partial charge >= 0.3 is 0 Å². The lowest BCUT2D eigenvalue weighted by molar-refractivity contribution is -0.116. The molecule has 0 fully saturated rings. The van der Waals surface area contributed by atoms with Gasteiger partial charge in [-0.2, -0.15) is 0 Å². The first-order chi connectivity index (χ1) is 8.19. The maximum Gasteiger partial charge on any atom is 0.275 e. The van der Waals surface area contributed by atoms with Crippen LogP contribution < -0.4 is 11.1 Å². The van der Waals surface area contributed by atoms with Crippen LogP contribution in [0.4, 0.5) is 0 Å². The van der Waals surface area contributed by atoms with Crippen molar-refractivity contribution in [3.05, 3.63) is 52.5 Å². The number of carbonyl (C=O) groups is 1. The molecular formula is C12H10N4O. The number of hydrogen-bond donors (Lipinski definition) is 2. The van der Waals surface area contributed by atoms with Gasteiger partial charge in [-0.25, -0.2) is 9.84 Å². The summed E-state index contributed by atoms with van der Waals surface area (Å²) in [5.74, 6) is -0.121. The van der Waals surface area contributed by atoms with Crippen molar-refractivity contribution in [1.29, 1.82) is 0 Å². The van der Waals surface area contributed by atoms with Crippen LogP contribution in [0.3, 0.4) is 0 Å². The molecule has 1 aliphatic rings. The van der Waals surface area contributed by atoms with Crippen LogP contribution in [0.25, 0.3) is 10.5 Å². The number of fused-ring (bicyclic) bond motifs is 1. The van der Waals surface area contributed by atoms with Crippen LogP contribution in [0, 0.1) is 6.57 Å². The topological polar surface area (TPSA) is 71.8 Å². The Hall–Kier alpha value is -2.61. The van der Waals surface area contributed by atoms with E-state index in [1.54, 1.807) is 6.07 Å². The van der Waals surface area contributed by atoms with E-state index in [9.17, 15) is 4.79 Å². The number of amidine groups is 1. The summed E-state index contributed by atoms with van der Waals surface area (Å²) in [5, 5.41) is 2.42. The first-order valence-electron chi connectivity index (χ1n) is 4.96. The Morgan fingerprint density at radius 2 is 2.06 bits per heavy atom. The molecule has 0 bridgehead atoms. The van der Waals surface area contributed by atoms with E-state index in [1.807, 2.05) is 18.2 Å². The van der Waals surface area contributed by atoms with Gasteiger partial charge in [0, 0.05) is 18.2 Å². The Morgan fingerprint density at radius 1 is 1.41 bits per heavy atom. The molecule has 17 heavy (non-hydrogen) atoms. The molecule has 5 nitrogen and oxygen atoms in total. The molecular weight excluding hydrogens is 216 g/mol. The van der Waals surface area contributed by atoms with E-state index in [2.05, 4.69) is 15.2 Å². The maximum atomic E-state index is 11.6. The zero-order chi connectivity index (χ0) is 12.4. The monoisotopic (exact) mass is 226 g/mol. The number of nitrogens with one attached hydrogen (secondary N) is 1. The van der Waals surface area contributed by atoms with Crippen molar-refractivity contribution < 1.29 is 4.79 Å². The number of nitrogens with two attached hydrogens (primary N) is 1. The highest BCUT2D eigenvalue weighted by Crippen LogP contribution is 2.30. The lowest BCUT2D eigenvalue weighted by Crippen LogP contribution is -2.19. The van der Waals surface area contributed by atoms with Crippen LogP contribution in [0.2, 0.25) is 0 Å².